The molecule has 2 aromatic rings. The number of nitrogens with one attached hydrogen (secondary N) is 2. The first-order valence-corrected chi connectivity index (χ1v) is 7.33. The Morgan fingerprint density at radius 3 is 2.58 bits per heavy atom. The number of carbonyl (C=O) groups excluding carboxylic acids is 1. The minimum absolute atomic E-state index is 0.240. The summed E-state index contributed by atoms with van der Waals surface area (Å²) < 4.78 is 5.66. The van der Waals surface area contributed by atoms with Crippen molar-refractivity contribution in [2.45, 2.75) is 6.92 Å². The summed E-state index contributed by atoms with van der Waals surface area (Å²) in [6.07, 6.45) is 0. The normalized spacial score (nSPS) is 10.8. The zero-order valence-corrected chi connectivity index (χ0v) is 13.1. The summed E-state index contributed by atoms with van der Waals surface area (Å²) >= 11 is 0. The van der Waals surface area contributed by atoms with Crippen LogP contribution in [0.5, 0.6) is 11.5 Å². The number of nitriles is 2. The standard InChI is InChI=1S/C18H16N4O2/c1-13(10-19)12-21-18(23)22-15-5-7-16(8-6-15)24-17-4-2-3-14(9-17)11-20/h2-9,13H,12H2,1H3,(H2,21,22,23). The van der Waals surface area contributed by atoms with E-state index in [-0.39, 0.29) is 11.9 Å². The van der Waals surface area contributed by atoms with E-state index in [0.29, 0.717) is 29.3 Å². The maximum absolute atomic E-state index is 11.7. The van der Waals surface area contributed by atoms with Gasteiger partial charge in [0.25, 0.3) is 0 Å². The molecule has 0 fully saturated rings. The van der Waals surface area contributed by atoms with Gasteiger partial charge in [-0.3, -0.25) is 0 Å². The molecule has 120 valence electrons. The van der Waals surface area contributed by atoms with Gasteiger partial charge in [-0.05, 0) is 49.4 Å². The van der Waals surface area contributed by atoms with Gasteiger partial charge >= 0.3 is 6.03 Å². The summed E-state index contributed by atoms with van der Waals surface area (Å²) in [4.78, 5) is 11.7. The fourth-order valence-corrected chi connectivity index (χ4v) is 1.84. The van der Waals surface area contributed by atoms with Crippen LogP contribution in [-0.2, 0) is 0 Å². The van der Waals surface area contributed by atoms with Crippen LogP contribution >= 0.6 is 0 Å². The van der Waals surface area contributed by atoms with Crippen LogP contribution in [0.15, 0.2) is 48.5 Å². The Hall–Kier alpha value is -3.51. The SMILES string of the molecule is CC(C#N)CNC(=O)Nc1ccc(Oc2cccc(C#N)c2)cc1. The molecule has 0 aliphatic carbocycles. The van der Waals surface area contributed by atoms with E-state index < -0.39 is 0 Å². The zero-order valence-electron chi connectivity index (χ0n) is 13.1. The minimum atomic E-state index is -0.368. The fourth-order valence-electron chi connectivity index (χ4n) is 1.84. The Morgan fingerprint density at radius 2 is 1.92 bits per heavy atom. The third-order valence-electron chi connectivity index (χ3n) is 3.10. The first-order valence-electron chi connectivity index (χ1n) is 7.33. The molecule has 0 bridgehead atoms. The molecule has 6 heteroatoms. The maximum Gasteiger partial charge on any atom is 0.319 e. The summed E-state index contributed by atoms with van der Waals surface area (Å²) in [5.74, 6) is 0.919. The number of carbonyl (C=O) groups is 1. The van der Waals surface area contributed by atoms with Crippen molar-refractivity contribution in [3.05, 3.63) is 54.1 Å². The molecule has 2 rings (SSSR count). The van der Waals surface area contributed by atoms with Crippen molar-refractivity contribution in [1.82, 2.24) is 5.32 Å². The molecule has 0 aliphatic heterocycles. The molecular formula is C18H16N4O2. The quantitative estimate of drug-likeness (QED) is 0.878. The second kappa shape index (κ2) is 8.21. The average molecular weight is 320 g/mol. The topological polar surface area (TPSA) is 97.9 Å². The van der Waals surface area contributed by atoms with Crippen molar-refractivity contribution in [3.63, 3.8) is 0 Å². The predicted molar refractivity (Wildman–Crippen MR) is 89.5 cm³/mol. The molecule has 2 amide bonds. The van der Waals surface area contributed by atoms with Crippen LogP contribution in [0.1, 0.15) is 12.5 Å². The molecule has 1 unspecified atom stereocenters. The monoisotopic (exact) mass is 320 g/mol. The number of amides is 2. The van der Waals surface area contributed by atoms with Crippen molar-refractivity contribution in [2.75, 3.05) is 11.9 Å². The Labute approximate surface area is 140 Å². The molecule has 24 heavy (non-hydrogen) atoms. The first-order chi connectivity index (χ1) is 11.6. The van der Waals surface area contributed by atoms with E-state index in [1.54, 1.807) is 55.5 Å². The van der Waals surface area contributed by atoms with Crippen LogP contribution < -0.4 is 15.4 Å². The summed E-state index contributed by atoms with van der Waals surface area (Å²) in [5, 5.41) is 22.8. The highest BCUT2D eigenvalue weighted by molar-refractivity contribution is 5.89. The number of benzene rings is 2. The maximum atomic E-state index is 11.7. The molecule has 0 saturated carbocycles. The van der Waals surface area contributed by atoms with E-state index in [2.05, 4.69) is 16.7 Å². The second-order valence-corrected chi connectivity index (χ2v) is 5.13. The fraction of sp³-hybridized carbons (Fsp3) is 0.167. The van der Waals surface area contributed by atoms with Gasteiger partial charge < -0.3 is 15.4 Å². The Morgan fingerprint density at radius 1 is 1.17 bits per heavy atom. The number of ether oxygens (including phenoxy) is 1. The van der Waals surface area contributed by atoms with Gasteiger partial charge in [0.2, 0.25) is 0 Å². The molecule has 0 aromatic heterocycles. The number of rotatable bonds is 5. The van der Waals surface area contributed by atoms with Crippen LogP contribution in [0.4, 0.5) is 10.5 Å². The molecule has 0 saturated heterocycles. The van der Waals surface area contributed by atoms with Gasteiger partial charge in [-0.15, -0.1) is 0 Å². The molecule has 0 heterocycles. The van der Waals surface area contributed by atoms with Crippen LogP contribution in [0.3, 0.4) is 0 Å². The van der Waals surface area contributed by atoms with Crippen LogP contribution in [0.25, 0.3) is 0 Å². The number of nitrogens with zero attached hydrogens (tertiary/aromatic N) is 2. The van der Waals surface area contributed by atoms with Gasteiger partial charge in [-0.25, -0.2) is 4.79 Å². The van der Waals surface area contributed by atoms with Gasteiger partial charge in [0, 0.05) is 12.2 Å². The first kappa shape index (κ1) is 16.9. The lowest BCUT2D eigenvalue weighted by Gasteiger charge is -2.10. The molecule has 0 radical (unpaired) electrons. The molecule has 0 aliphatic rings. The lowest BCUT2D eigenvalue weighted by atomic mass is 10.2. The lowest BCUT2D eigenvalue weighted by molar-refractivity contribution is 0.251. The highest BCUT2D eigenvalue weighted by atomic mass is 16.5. The Kier molecular flexibility index (Phi) is 5.76. The van der Waals surface area contributed by atoms with E-state index in [9.17, 15) is 4.79 Å². The third-order valence-corrected chi connectivity index (χ3v) is 3.10. The molecule has 0 spiro atoms. The van der Waals surface area contributed by atoms with Crippen LogP contribution in [0.2, 0.25) is 0 Å². The summed E-state index contributed by atoms with van der Waals surface area (Å²) in [5.41, 5.74) is 1.13. The smallest absolute Gasteiger partial charge is 0.319 e. The van der Waals surface area contributed by atoms with Crippen molar-refractivity contribution < 1.29 is 9.53 Å². The van der Waals surface area contributed by atoms with Gasteiger partial charge in [-0.1, -0.05) is 6.07 Å². The molecular weight excluding hydrogens is 304 g/mol. The minimum Gasteiger partial charge on any atom is -0.457 e. The molecule has 2 N–H and O–H groups in total. The van der Waals surface area contributed by atoms with Gasteiger partial charge in [0.1, 0.15) is 11.5 Å². The number of anilines is 1. The van der Waals surface area contributed by atoms with Crippen molar-refractivity contribution >= 4 is 11.7 Å². The van der Waals surface area contributed by atoms with E-state index in [1.807, 2.05) is 6.07 Å². The zero-order chi connectivity index (χ0) is 17.4. The van der Waals surface area contributed by atoms with Gasteiger partial charge in [0.05, 0.1) is 23.6 Å². The van der Waals surface area contributed by atoms with Crippen molar-refractivity contribution in [1.29, 1.82) is 10.5 Å². The highest BCUT2D eigenvalue weighted by Gasteiger charge is 2.05. The molecule has 2 aromatic carbocycles. The number of hydrogen-bond donors (Lipinski definition) is 2. The predicted octanol–water partition coefficient (Wildman–Crippen LogP) is 3.63. The van der Waals surface area contributed by atoms with Crippen LogP contribution in [0, 0.1) is 28.6 Å². The number of hydrogen-bond acceptors (Lipinski definition) is 4. The van der Waals surface area contributed by atoms with Gasteiger partial charge in [0.15, 0.2) is 0 Å². The third kappa shape index (κ3) is 5.04. The summed E-state index contributed by atoms with van der Waals surface area (Å²) in [6, 6.07) is 17.4. The lowest BCUT2D eigenvalue weighted by Crippen LogP contribution is -2.31. The Bertz CT molecular complexity index is 788. The van der Waals surface area contributed by atoms with E-state index >= 15 is 0 Å². The molecule has 6 nitrogen and oxygen atoms in total. The largest absolute Gasteiger partial charge is 0.457 e. The summed E-state index contributed by atoms with van der Waals surface area (Å²) in [7, 11) is 0. The van der Waals surface area contributed by atoms with Crippen molar-refractivity contribution in [3.8, 4) is 23.6 Å². The van der Waals surface area contributed by atoms with E-state index in [4.69, 9.17) is 15.3 Å². The molecule has 1 atom stereocenters. The average Bonchev–Trinajstić information content (AvgIpc) is 2.61. The van der Waals surface area contributed by atoms with E-state index in [0.717, 1.165) is 0 Å². The van der Waals surface area contributed by atoms with E-state index in [1.165, 1.54) is 0 Å². The van der Waals surface area contributed by atoms with Crippen LogP contribution in [-0.4, -0.2) is 12.6 Å². The summed E-state index contributed by atoms with van der Waals surface area (Å²) in [6.45, 7) is 2.02. The van der Waals surface area contributed by atoms with Gasteiger partial charge in [-0.2, -0.15) is 10.5 Å². The second-order valence-electron chi connectivity index (χ2n) is 5.13. The highest BCUT2D eigenvalue weighted by Crippen LogP contribution is 2.23. The number of urea groups is 1. The Balaban J connectivity index is 1.92. The van der Waals surface area contributed by atoms with Crippen molar-refractivity contribution in [2.24, 2.45) is 5.92 Å².